The Bertz CT molecular complexity index is 836. The van der Waals surface area contributed by atoms with E-state index in [0.29, 0.717) is 10.8 Å². The highest BCUT2D eigenvalue weighted by molar-refractivity contribution is 6.33. The largest absolute Gasteiger partial charge is 0.364 e. The number of nitrogens with zero attached hydrogens (tertiary/aromatic N) is 3. The summed E-state index contributed by atoms with van der Waals surface area (Å²) < 4.78 is 1.21. The van der Waals surface area contributed by atoms with Gasteiger partial charge >= 0.3 is 5.69 Å². The number of halogens is 1. The van der Waals surface area contributed by atoms with Gasteiger partial charge < -0.3 is 0 Å². The lowest BCUT2D eigenvalue weighted by atomic mass is 10.2. The van der Waals surface area contributed by atoms with E-state index < -0.39 is 5.69 Å². The molecule has 21 heavy (non-hydrogen) atoms. The number of H-pyrrole nitrogens is 1. The molecule has 3 rings (SSSR count). The van der Waals surface area contributed by atoms with Crippen LogP contribution in [0, 0.1) is 0 Å². The maximum atomic E-state index is 11.8. The van der Waals surface area contributed by atoms with E-state index >= 15 is 0 Å². The maximum Gasteiger partial charge on any atom is 0.364 e. The number of hydrogen-bond acceptors (Lipinski definition) is 3. The van der Waals surface area contributed by atoms with Crippen molar-refractivity contribution >= 4 is 17.8 Å². The van der Waals surface area contributed by atoms with Gasteiger partial charge in [-0.2, -0.15) is 14.9 Å². The number of rotatable bonds is 3. The van der Waals surface area contributed by atoms with Gasteiger partial charge in [0.15, 0.2) is 5.82 Å². The van der Waals surface area contributed by atoms with Crippen molar-refractivity contribution in [1.82, 2.24) is 14.9 Å². The SMILES string of the molecule is O=c1[nH]nc(-c2ccccc2)n1/N=C\c1ccccc1Cl. The first-order valence-corrected chi connectivity index (χ1v) is 6.65. The van der Waals surface area contributed by atoms with Gasteiger partial charge in [-0.25, -0.2) is 9.89 Å². The van der Waals surface area contributed by atoms with Crippen LogP contribution in [0.3, 0.4) is 0 Å². The number of aromatic amines is 1. The minimum absolute atomic E-state index is 0.405. The molecule has 0 saturated heterocycles. The van der Waals surface area contributed by atoms with E-state index in [1.54, 1.807) is 6.07 Å². The van der Waals surface area contributed by atoms with Gasteiger partial charge in [0.2, 0.25) is 0 Å². The molecule has 0 aliphatic heterocycles. The maximum absolute atomic E-state index is 11.8. The quantitative estimate of drug-likeness (QED) is 0.756. The molecule has 5 nitrogen and oxygen atoms in total. The first-order valence-electron chi connectivity index (χ1n) is 6.27. The van der Waals surface area contributed by atoms with E-state index in [1.807, 2.05) is 48.5 Å². The average Bonchev–Trinajstić information content (AvgIpc) is 2.88. The summed E-state index contributed by atoms with van der Waals surface area (Å²) in [5.41, 5.74) is 1.12. The summed E-state index contributed by atoms with van der Waals surface area (Å²) in [6.45, 7) is 0. The van der Waals surface area contributed by atoms with Crippen molar-refractivity contribution in [3.63, 3.8) is 0 Å². The van der Waals surface area contributed by atoms with Gasteiger partial charge in [0.05, 0.1) is 6.21 Å². The summed E-state index contributed by atoms with van der Waals surface area (Å²) in [5, 5.41) is 11.1. The molecule has 0 atom stereocenters. The summed E-state index contributed by atoms with van der Waals surface area (Å²) in [4.78, 5) is 11.8. The highest BCUT2D eigenvalue weighted by Gasteiger charge is 2.09. The molecule has 2 aromatic carbocycles. The van der Waals surface area contributed by atoms with Crippen molar-refractivity contribution in [1.29, 1.82) is 0 Å². The molecule has 0 unspecified atom stereocenters. The summed E-state index contributed by atoms with van der Waals surface area (Å²) in [5.74, 6) is 0.448. The van der Waals surface area contributed by atoms with Gasteiger partial charge in [-0.1, -0.05) is 60.1 Å². The zero-order valence-electron chi connectivity index (χ0n) is 10.9. The normalized spacial score (nSPS) is 11.1. The van der Waals surface area contributed by atoms with Crippen LogP contribution in [0.15, 0.2) is 64.5 Å². The van der Waals surface area contributed by atoms with Crippen LogP contribution in [0.1, 0.15) is 5.56 Å². The van der Waals surface area contributed by atoms with Gasteiger partial charge in [0.1, 0.15) is 0 Å². The van der Waals surface area contributed by atoms with Crippen LogP contribution in [0.5, 0.6) is 0 Å². The van der Waals surface area contributed by atoms with Crippen LogP contribution in [-0.4, -0.2) is 21.1 Å². The summed E-state index contributed by atoms with van der Waals surface area (Å²) >= 11 is 6.06. The van der Waals surface area contributed by atoms with E-state index in [1.165, 1.54) is 10.9 Å². The molecule has 0 aliphatic carbocycles. The van der Waals surface area contributed by atoms with Gasteiger partial charge in [-0.3, -0.25) is 0 Å². The van der Waals surface area contributed by atoms with Crippen molar-refractivity contribution < 1.29 is 0 Å². The summed E-state index contributed by atoms with van der Waals surface area (Å²) in [7, 11) is 0. The predicted octanol–water partition coefficient (Wildman–Crippen LogP) is 2.77. The van der Waals surface area contributed by atoms with E-state index in [-0.39, 0.29) is 0 Å². The number of aromatic nitrogens is 3. The number of hydrogen-bond donors (Lipinski definition) is 1. The third-order valence-corrected chi connectivity index (χ3v) is 3.24. The minimum Gasteiger partial charge on any atom is -0.244 e. The highest BCUT2D eigenvalue weighted by Crippen LogP contribution is 2.15. The third-order valence-electron chi connectivity index (χ3n) is 2.90. The summed E-state index contributed by atoms with van der Waals surface area (Å²) in [6.07, 6.45) is 1.53. The van der Waals surface area contributed by atoms with E-state index in [2.05, 4.69) is 15.3 Å². The smallest absolute Gasteiger partial charge is 0.244 e. The topological polar surface area (TPSA) is 63.0 Å². The van der Waals surface area contributed by atoms with Gasteiger partial charge in [-0.05, 0) is 6.07 Å². The molecule has 0 fully saturated rings. The van der Waals surface area contributed by atoms with Crippen LogP contribution in [0.4, 0.5) is 0 Å². The van der Waals surface area contributed by atoms with Crippen LogP contribution < -0.4 is 5.69 Å². The molecular formula is C15H11ClN4O. The molecule has 1 heterocycles. The monoisotopic (exact) mass is 298 g/mol. The van der Waals surface area contributed by atoms with Crippen molar-refractivity contribution in [3.8, 4) is 11.4 Å². The molecule has 0 spiro atoms. The van der Waals surface area contributed by atoms with Gasteiger partial charge in [0.25, 0.3) is 0 Å². The Morgan fingerprint density at radius 3 is 2.57 bits per heavy atom. The van der Waals surface area contributed by atoms with Gasteiger partial charge in [-0.15, -0.1) is 0 Å². The number of benzene rings is 2. The molecule has 0 bridgehead atoms. The molecule has 0 amide bonds. The van der Waals surface area contributed by atoms with Crippen molar-refractivity contribution in [2.75, 3.05) is 0 Å². The number of nitrogens with one attached hydrogen (secondary N) is 1. The third kappa shape index (κ3) is 2.78. The average molecular weight is 299 g/mol. The molecule has 0 radical (unpaired) electrons. The lowest BCUT2D eigenvalue weighted by Crippen LogP contribution is -2.13. The Labute approximate surface area is 125 Å². The zero-order chi connectivity index (χ0) is 14.7. The highest BCUT2D eigenvalue weighted by atomic mass is 35.5. The molecular weight excluding hydrogens is 288 g/mol. The lowest BCUT2D eigenvalue weighted by molar-refractivity contribution is 0.842. The fourth-order valence-electron chi connectivity index (χ4n) is 1.87. The second-order valence-electron chi connectivity index (χ2n) is 4.30. The first-order chi connectivity index (χ1) is 10.3. The molecule has 1 aromatic heterocycles. The standard InChI is InChI=1S/C15H11ClN4O/c16-13-9-5-4-8-12(13)10-17-20-14(18-19-15(20)21)11-6-2-1-3-7-11/h1-10H,(H,19,21)/b17-10-. The van der Waals surface area contributed by atoms with Crippen LogP contribution in [-0.2, 0) is 0 Å². The van der Waals surface area contributed by atoms with Crippen molar-refractivity contribution in [2.45, 2.75) is 0 Å². The van der Waals surface area contributed by atoms with E-state index in [9.17, 15) is 4.79 Å². The van der Waals surface area contributed by atoms with E-state index in [4.69, 9.17) is 11.6 Å². The van der Waals surface area contributed by atoms with Crippen LogP contribution >= 0.6 is 11.6 Å². The molecule has 3 aromatic rings. The van der Waals surface area contributed by atoms with Crippen molar-refractivity contribution in [2.24, 2.45) is 5.10 Å². The summed E-state index contributed by atoms with van der Waals surface area (Å²) in [6, 6.07) is 16.6. The Morgan fingerprint density at radius 2 is 1.81 bits per heavy atom. The molecule has 0 saturated carbocycles. The molecule has 0 aliphatic rings. The second kappa shape index (κ2) is 5.76. The Kier molecular flexibility index (Phi) is 3.66. The fraction of sp³-hybridized carbons (Fsp3) is 0. The Morgan fingerprint density at radius 1 is 1.10 bits per heavy atom. The molecule has 104 valence electrons. The zero-order valence-corrected chi connectivity index (χ0v) is 11.7. The fourth-order valence-corrected chi connectivity index (χ4v) is 2.06. The Balaban J connectivity index is 2.02. The van der Waals surface area contributed by atoms with Crippen LogP contribution in [0.2, 0.25) is 5.02 Å². The lowest BCUT2D eigenvalue weighted by Gasteiger charge is -2.00. The predicted molar refractivity (Wildman–Crippen MR) is 82.7 cm³/mol. The molecule has 6 heteroatoms. The van der Waals surface area contributed by atoms with Gasteiger partial charge in [0, 0.05) is 16.1 Å². The Hall–Kier alpha value is -2.66. The van der Waals surface area contributed by atoms with Crippen molar-refractivity contribution in [3.05, 3.63) is 75.7 Å². The molecule has 1 N–H and O–H groups in total. The first kappa shape index (κ1) is 13.3. The van der Waals surface area contributed by atoms with Crippen LogP contribution in [0.25, 0.3) is 11.4 Å². The van der Waals surface area contributed by atoms with E-state index in [0.717, 1.165) is 11.1 Å². The minimum atomic E-state index is -0.405. The second-order valence-corrected chi connectivity index (χ2v) is 4.70.